The third kappa shape index (κ3) is 7.74. The third-order valence-electron chi connectivity index (χ3n) is 6.21. The summed E-state index contributed by atoms with van der Waals surface area (Å²) in [6.07, 6.45) is -7.96. The van der Waals surface area contributed by atoms with Crippen molar-refractivity contribution in [1.29, 1.82) is 0 Å². The van der Waals surface area contributed by atoms with Crippen molar-refractivity contribution in [3.8, 4) is 0 Å². The molecule has 0 aromatic carbocycles. The fourth-order valence-corrected chi connectivity index (χ4v) is 9.33. The maximum Gasteiger partial charge on any atom is 0.460 e. The number of alkyl halides is 17. The molecule has 0 aliphatic carbocycles. The zero-order valence-corrected chi connectivity index (χ0v) is 25.1. The number of carbonyl (C=O) groups is 1. The summed E-state index contributed by atoms with van der Waals surface area (Å²) in [5.74, 6) is -55.4. The van der Waals surface area contributed by atoms with E-state index in [1.807, 2.05) is 0 Å². The Kier molecular flexibility index (Phi) is 13.7. The van der Waals surface area contributed by atoms with Crippen molar-refractivity contribution in [3.63, 3.8) is 0 Å². The van der Waals surface area contributed by atoms with Crippen molar-refractivity contribution in [2.75, 3.05) is 17.3 Å². The van der Waals surface area contributed by atoms with Gasteiger partial charge in [0.05, 0.1) is 5.75 Å². The molecule has 0 spiro atoms. The van der Waals surface area contributed by atoms with Crippen molar-refractivity contribution < 1.29 is 91.5 Å². The predicted molar refractivity (Wildman–Crippen MR) is 127 cm³/mol. The van der Waals surface area contributed by atoms with Gasteiger partial charge >= 0.3 is 57.1 Å². The molecule has 0 N–H and O–H groups in total. The Bertz CT molecular complexity index is 1100. The van der Waals surface area contributed by atoms with Gasteiger partial charge in [0, 0.05) is 17.9 Å². The van der Waals surface area contributed by atoms with Gasteiger partial charge in [-0.3, -0.25) is 4.79 Å². The molecule has 272 valence electrons. The van der Waals surface area contributed by atoms with E-state index in [0.29, 0.717) is 6.42 Å². The topological polar surface area (TPSA) is 60.4 Å². The van der Waals surface area contributed by atoms with E-state index in [1.165, 1.54) is 13.8 Å². The Balaban J connectivity index is 7.17. The predicted octanol–water partition coefficient (Wildman–Crippen LogP) is 9.38. The van der Waals surface area contributed by atoms with Crippen LogP contribution in [-0.2, 0) is 18.5 Å². The average molecular weight is 745 g/mol. The van der Waals surface area contributed by atoms with Crippen LogP contribution in [0.2, 0.25) is 0 Å². The summed E-state index contributed by atoms with van der Waals surface area (Å²) >= 11 is 0. The van der Waals surface area contributed by atoms with Crippen LogP contribution in [0.5, 0.6) is 0 Å². The maximum atomic E-state index is 14.7. The van der Waals surface area contributed by atoms with E-state index in [2.05, 4.69) is 3.63 Å². The minimum absolute atomic E-state index is 0.0934. The Hall–Kier alpha value is -1.26. The Labute approximate surface area is 248 Å². The molecule has 0 aromatic rings. The standard InChI is InChI=1S/C22H29F17O4S2/c1-4-7-10-14(40)13-44(11-8-5-2,12-9-6-3)43-45(41,42)22(38,39)20(33,34)18(29,30)16(25,26)15(23,24)17(27,28)19(31,32)21(35,36)37/h4-13H2,1-3H3. The van der Waals surface area contributed by atoms with Crippen LogP contribution in [0.4, 0.5) is 74.6 Å². The molecule has 23 heteroatoms. The molecule has 0 bridgehead atoms. The van der Waals surface area contributed by atoms with Gasteiger partial charge in [-0.05, 0) is 19.3 Å². The minimum Gasteiger partial charge on any atom is -0.299 e. The zero-order chi connectivity index (χ0) is 36.4. The van der Waals surface area contributed by atoms with E-state index in [0.717, 1.165) is 0 Å². The highest BCUT2D eigenvalue weighted by atomic mass is 32.3. The smallest absolute Gasteiger partial charge is 0.299 e. The lowest BCUT2D eigenvalue weighted by molar-refractivity contribution is -0.458. The number of halogens is 17. The Morgan fingerprint density at radius 1 is 0.533 bits per heavy atom. The van der Waals surface area contributed by atoms with Gasteiger partial charge in [-0.1, -0.05) is 40.0 Å². The molecule has 0 aromatic heterocycles. The molecular formula is C22H29F17O4S2. The molecule has 4 nitrogen and oxygen atoms in total. The number of rotatable bonds is 20. The first-order valence-corrected chi connectivity index (χ1v) is 16.2. The SMILES string of the molecule is CCCCC(=O)CS(CCCC)(CCCC)OS(=O)(=O)C(F)(F)C(F)(F)C(F)(F)C(F)(F)C(F)(F)C(F)(F)C(F)(F)C(F)(F)F. The number of carbonyl (C=O) groups excluding carboxylic acids is 1. The summed E-state index contributed by atoms with van der Waals surface area (Å²) in [7, 11) is -11.6. The minimum atomic E-state index is -8.93. The molecule has 0 amide bonds. The largest absolute Gasteiger partial charge is 0.460 e. The highest BCUT2D eigenvalue weighted by molar-refractivity contribution is 8.33. The summed E-state index contributed by atoms with van der Waals surface area (Å²) in [5.41, 5.74) is 0. The van der Waals surface area contributed by atoms with Crippen LogP contribution in [0.15, 0.2) is 0 Å². The molecule has 0 aliphatic rings. The molecule has 45 heavy (non-hydrogen) atoms. The molecule has 0 saturated heterocycles. The van der Waals surface area contributed by atoms with Crippen LogP contribution in [-0.4, -0.2) is 78.4 Å². The van der Waals surface area contributed by atoms with Crippen LogP contribution in [0.3, 0.4) is 0 Å². The molecule has 0 atom stereocenters. The zero-order valence-electron chi connectivity index (χ0n) is 23.4. The Morgan fingerprint density at radius 2 is 0.867 bits per heavy atom. The lowest BCUT2D eigenvalue weighted by Gasteiger charge is -2.43. The number of hydrogen-bond donors (Lipinski definition) is 0. The summed E-state index contributed by atoms with van der Waals surface area (Å²) in [5, 5.41) is -7.77. The maximum absolute atomic E-state index is 14.7. The van der Waals surface area contributed by atoms with Gasteiger partial charge < -0.3 is 0 Å². The molecule has 0 unspecified atom stereocenters. The van der Waals surface area contributed by atoms with Gasteiger partial charge in [0.1, 0.15) is 5.78 Å². The number of ketones is 1. The molecule has 0 saturated carbocycles. The second-order valence-corrected chi connectivity index (χ2v) is 14.9. The highest BCUT2D eigenvalue weighted by Crippen LogP contribution is 2.65. The fourth-order valence-electron chi connectivity index (χ4n) is 3.43. The second kappa shape index (κ2) is 14.1. The number of Topliss-reactive ketones (excluding diaryl/α,β-unsaturated/α-hetero) is 1. The van der Waals surface area contributed by atoms with E-state index >= 15 is 0 Å². The van der Waals surface area contributed by atoms with Gasteiger partial charge in [-0.2, -0.15) is 83.1 Å². The first kappa shape index (κ1) is 43.7. The lowest BCUT2D eigenvalue weighted by Crippen LogP contribution is -2.75. The van der Waals surface area contributed by atoms with Crippen LogP contribution in [0, 0.1) is 0 Å². The number of unbranched alkanes of at least 4 members (excludes halogenated alkanes) is 3. The third-order valence-corrected chi connectivity index (χ3v) is 11.9. The number of hydrogen-bond acceptors (Lipinski definition) is 4. The first-order valence-electron chi connectivity index (χ1n) is 12.7. The summed E-state index contributed by atoms with van der Waals surface area (Å²) in [6.45, 7) is 4.41. The quantitative estimate of drug-likeness (QED) is 0.117. The van der Waals surface area contributed by atoms with Crippen LogP contribution in [0.1, 0.15) is 65.7 Å². The van der Waals surface area contributed by atoms with Gasteiger partial charge in [0.25, 0.3) is 0 Å². The monoisotopic (exact) mass is 744 g/mol. The molecule has 0 aliphatic heterocycles. The van der Waals surface area contributed by atoms with E-state index in [1.54, 1.807) is 6.92 Å². The molecule has 0 rings (SSSR count). The van der Waals surface area contributed by atoms with Crippen LogP contribution < -0.4 is 0 Å². The van der Waals surface area contributed by atoms with E-state index < -0.39 is 90.4 Å². The molecule has 0 heterocycles. The van der Waals surface area contributed by atoms with E-state index in [4.69, 9.17) is 0 Å². The fraction of sp³-hybridized carbons (Fsp3) is 0.955. The normalized spacial score (nSPS) is 15.8. The van der Waals surface area contributed by atoms with Crippen molar-refractivity contribution in [1.82, 2.24) is 0 Å². The van der Waals surface area contributed by atoms with Crippen LogP contribution in [0.25, 0.3) is 0 Å². The van der Waals surface area contributed by atoms with Gasteiger partial charge in [0.2, 0.25) is 0 Å². The van der Waals surface area contributed by atoms with Crippen molar-refractivity contribution in [2.24, 2.45) is 0 Å². The van der Waals surface area contributed by atoms with E-state index in [9.17, 15) is 87.8 Å². The summed E-state index contributed by atoms with van der Waals surface area (Å²) in [6, 6.07) is 0. The molecular weight excluding hydrogens is 715 g/mol. The van der Waals surface area contributed by atoms with Gasteiger partial charge in [-0.25, -0.2) is 3.63 Å². The second-order valence-electron chi connectivity index (χ2n) is 9.85. The van der Waals surface area contributed by atoms with Crippen molar-refractivity contribution in [3.05, 3.63) is 0 Å². The average Bonchev–Trinajstić information content (AvgIpc) is 2.87. The van der Waals surface area contributed by atoms with E-state index in [-0.39, 0.29) is 38.5 Å². The van der Waals surface area contributed by atoms with Crippen molar-refractivity contribution >= 4 is 26.2 Å². The summed E-state index contributed by atoms with van der Waals surface area (Å²) in [4.78, 5) is 12.4. The molecule has 0 fully saturated rings. The Morgan fingerprint density at radius 3 is 1.20 bits per heavy atom. The highest BCUT2D eigenvalue weighted by Gasteiger charge is 2.96. The van der Waals surface area contributed by atoms with Gasteiger partial charge in [-0.15, -0.1) is 10.3 Å². The summed E-state index contributed by atoms with van der Waals surface area (Å²) < 4.78 is 261. The van der Waals surface area contributed by atoms with Gasteiger partial charge in [0.15, 0.2) is 0 Å². The first-order chi connectivity index (χ1) is 19.8. The molecule has 0 radical (unpaired) electrons. The lowest BCUT2D eigenvalue weighted by atomic mass is 9.91. The van der Waals surface area contributed by atoms with Crippen LogP contribution >= 0.6 is 10.3 Å². The van der Waals surface area contributed by atoms with Crippen molar-refractivity contribution in [2.45, 2.75) is 113 Å².